The first-order valence-electron chi connectivity index (χ1n) is 6.28. The monoisotopic (exact) mass is 336 g/mol. The topological polar surface area (TPSA) is 78.5 Å². The molecule has 20 heavy (non-hydrogen) atoms. The van der Waals surface area contributed by atoms with E-state index >= 15 is 0 Å². The van der Waals surface area contributed by atoms with Gasteiger partial charge in [-0.25, -0.2) is 0 Å². The minimum absolute atomic E-state index is 0.268. The van der Waals surface area contributed by atoms with Crippen LogP contribution in [0.25, 0.3) is 11.1 Å². The van der Waals surface area contributed by atoms with Crippen LogP contribution in [0.5, 0.6) is 0 Å². The second-order valence-electron chi connectivity index (χ2n) is 4.53. The summed E-state index contributed by atoms with van der Waals surface area (Å²) in [5.74, 6) is 0. The van der Waals surface area contributed by atoms with Crippen LogP contribution in [0.4, 0.5) is 11.4 Å². The Morgan fingerprint density at radius 1 is 1.15 bits per heavy atom. The first-order chi connectivity index (χ1) is 9.60. The number of hydrogen-bond donors (Lipinski definition) is 4. The molecular formula is C15H17BrN2O2. The summed E-state index contributed by atoms with van der Waals surface area (Å²) in [5, 5.41) is 21.4. The summed E-state index contributed by atoms with van der Waals surface area (Å²) in [7, 11) is 0. The standard InChI is InChI=1S/C15H17BrN2O2/c16-11-3-1-10(2-4-11)14-7-12(17)5-6-15(14)18-8-13(20)9-19/h1-7,13,18-20H,8-9,17H2. The number of halogens is 1. The molecular weight excluding hydrogens is 320 g/mol. The van der Waals surface area contributed by atoms with Crippen LogP contribution in [0.15, 0.2) is 46.9 Å². The van der Waals surface area contributed by atoms with Crippen LogP contribution in [0, 0.1) is 0 Å². The molecule has 106 valence electrons. The van der Waals surface area contributed by atoms with Crippen molar-refractivity contribution in [1.29, 1.82) is 0 Å². The molecule has 0 aliphatic carbocycles. The number of hydrogen-bond acceptors (Lipinski definition) is 4. The summed E-state index contributed by atoms with van der Waals surface area (Å²) in [4.78, 5) is 0. The first-order valence-corrected chi connectivity index (χ1v) is 7.07. The third-order valence-corrected chi connectivity index (χ3v) is 3.47. The summed E-state index contributed by atoms with van der Waals surface area (Å²) < 4.78 is 1.01. The van der Waals surface area contributed by atoms with Gasteiger partial charge in [-0.2, -0.15) is 0 Å². The van der Waals surface area contributed by atoms with Crippen LogP contribution < -0.4 is 11.1 Å². The number of aliphatic hydroxyl groups is 2. The van der Waals surface area contributed by atoms with E-state index in [0.29, 0.717) is 5.69 Å². The Labute approximate surface area is 126 Å². The maximum absolute atomic E-state index is 9.43. The van der Waals surface area contributed by atoms with Gasteiger partial charge < -0.3 is 21.3 Å². The Morgan fingerprint density at radius 2 is 1.85 bits per heavy atom. The highest BCUT2D eigenvalue weighted by Gasteiger charge is 2.08. The number of aliphatic hydroxyl groups excluding tert-OH is 2. The van der Waals surface area contributed by atoms with Gasteiger partial charge in [0.2, 0.25) is 0 Å². The normalized spacial score (nSPS) is 12.2. The number of benzene rings is 2. The molecule has 0 aliphatic heterocycles. The number of rotatable bonds is 5. The van der Waals surface area contributed by atoms with Crippen molar-refractivity contribution >= 4 is 27.3 Å². The molecule has 0 fully saturated rings. The summed E-state index contributed by atoms with van der Waals surface area (Å²) >= 11 is 3.41. The maximum atomic E-state index is 9.43. The van der Waals surface area contributed by atoms with Crippen LogP contribution in [0.1, 0.15) is 0 Å². The van der Waals surface area contributed by atoms with Gasteiger partial charge in [-0.15, -0.1) is 0 Å². The van der Waals surface area contributed by atoms with Crippen LogP contribution in [0.3, 0.4) is 0 Å². The number of anilines is 2. The Kier molecular flexibility index (Phi) is 5.00. The molecule has 1 atom stereocenters. The molecule has 0 bridgehead atoms. The van der Waals surface area contributed by atoms with E-state index in [4.69, 9.17) is 10.8 Å². The fraction of sp³-hybridized carbons (Fsp3) is 0.200. The molecule has 0 aliphatic rings. The smallest absolute Gasteiger partial charge is 0.0942 e. The second kappa shape index (κ2) is 6.74. The summed E-state index contributed by atoms with van der Waals surface area (Å²) in [6.45, 7) is 0.0134. The Balaban J connectivity index is 2.30. The lowest BCUT2D eigenvalue weighted by atomic mass is 10.0. The molecule has 0 saturated heterocycles. The zero-order valence-corrected chi connectivity index (χ0v) is 12.5. The van der Waals surface area contributed by atoms with Crippen molar-refractivity contribution in [3.05, 3.63) is 46.9 Å². The highest BCUT2D eigenvalue weighted by molar-refractivity contribution is 9.10. The number of nitrogen functional groups attached to an aromatic ring is 1. The molecule has 0 aromatic heterocycles. The fourth-order valence-electron chi connectivity index (χ4n) is 1.88. The van der Waals surface area contributed by atoms with Crippen molar-refractivity contribution in [3.8, 4) is 11.1 Å². The molecule has 0 saturated carbocycles. The highest BCUT2D eigenvalue weighted by atomic mass is 79.9. The molecule has 0 spiro atoms. The van der Waals surface area contributed by atoms with E-state index in [1.807, 2.05) is 36.4 Å². The van der Waals surface area contributed by atoms with Crippen LogP contribution in [-0.2, 0) is 0 Å². The predicted octanol–water partition coefficient (Wildman–Crippen LogP) is 2.46. The molecule has 0 radical (unpaired) electrons. The predicted molar refractivity (Wildman–Crippen MR) is 85.6 cm³/mol. The van der Waals surface area contributed by atoms with Crippen LogP contribution in [0.2, 0.25) is 0 Å². The van der Waals surface area contributed by atoms with Gasteiger partial charge in [-0.05, 0) is 35.9 Å². The van der Waals surface area contributed by atoms with E-state index in [1.54, 1.807) is 6.07 Å². The van der Waals surface area contributed by atoms with E-state index in [-0.39, 0.29) is 13.2 Å². The third kappa shape index (κ3) is 3.72. The summed E-state index contributed by atoms with van der Waals surface area (Å²) in [6, 6.07) is 13.5. The molecule has 2 rings (SSSR count). The first kappa shape index (κ1) is 14.8. The fourth-order valence-corrected chi connectivity index (χ4v) is 2.14. The molecule has 4 nitrogen and oxygen atoms in total. The van der Waals surface area contributed by atoms with Crippen molar-refractivity contribution < 1.29 is 10.2 Å². The lowest BCUT2D eigenvalue weighted by Crippen LogP contribution is -2.23. The van der Waals surface area contributed by atoms with Gasteiger partial charge in [0.05, 0.1) is 12.7 Å². The zero-order chi connectivity index (χ0) is 14.5. The molecule has 2 aromatic carbocycles. The van der Waals surface area contributed by atoms with Crippen LogP contribution >= 0.6 is 15.9 Å². The second-order valence-corrected chi connectivity index (χ2v) is 5.44. The molecule has 0 heterocycles. The van der Waals surface area contributed by atoms with Crippen LogP contribution in [-0.4, -0.2) is 29.5 Å². The van der Waals surface area contributed by atoms with E-state index in [0.717, 1.165) is 21.3 Å². The average molecular weight is 337 g/mol. The SMILES string of the molecule is Nc1ccc(NCC(O)CO)c(-c2ccc(Br)cc2)c1. The molecule has 2 aromatic rings. The maximum Gasteiger partial charge on any atom is 0.0942 e. The zero-order valence-electron chi connectivity index (χ0n) is 10.9. The largest absolute Gasteiger partial charge is 0.399 e. The van der Waals surface area contributed by atoms with Gasteiger partial charge in [-0.3, -0.25) is 0 Å². The molecule has 1 unspecified atom stereocenters. The quantitative estimate of drug-likeness (QED) is 0.632. The van der Waals surface area contributed by atoms with Gasteiger partial charge in [0.25, 0.3) is 0 Å². The molecule has 5 heteroatoms. The van der Waals surface area contributed by atoms with E-state index < -0.39 is 6.10 Å². The lowest BCUT2D eigenvalue weighted by molar-refractivity contribution is 0.105. The summed E-state index contributed by atoms with van der Waals surface area (Å²) in [5.41, 5.74) is 9.39. The third-order valence-electron chi connectivity index (χ3n) is 2.94. The van der Waals surface area contributed by atoms with Gasteiger partial charge in [-0.1, -0.05) is 28.1 Å². The van der Waals surface area contributed by atoms with E-state index in [9.17, 15) is 5.11 Å². The molecule has 0 amide bonds. The molecule has 5 N–H and O–H groups in total. The highest BCUT2D eigenvalue weighted by Crippen LogP contribution is 2.30. The number of nitrogens with one attached hydrogen (secondary N) is 1. The van der Waals surface area contributed by atoms with Gasteiger partial charge in [0.1, 0.15) is 0 Å². The van der Waals surface area contributed by atoms with Crippen molar-refractivity contribution in [2.24, 2.45) is 0 Å². The summed E-state index contributed by atoms with van der Waals surface area (Å²) in [6.07, 6.45) is -0.787. The van der Waals surface area contributed by atoms with Gasteiger partial charge >= 0.3 is 0 Å². The Hall–Kier alpha value is -1.56. The van der Waals surface area contributed by atoms with Crippen molar-refractivity contribution in [2.75, 3.05) is 24.2 Å². The minimum Gasteiger partial charge on any atom is -0.399 e. The Morgan fingerprint density at radius 3 is 2.50 bits per heavy atom. The van der Waals surface area contributed by atoms with Gasteiger partial charge in [0.15, 0.2) is 0 Å². The van der Waals surface area contributed by atoms with Crippen molar-refractivity contribution in [1.82, 2.24) is 0 Å². The van der Waals surface area contributed by atoms with Crippen molar-refractivity contribution in [2.45, 2.75) is 6.10 Å². The number of nitrogens with two attached hydrogens (primary N) is 1. The van der Waals surface area contributed by atoms with Crippen molar-refractivity contribution in [3.63, 3.8) is 0 Å². The van der Waals surface area contributed by atoms with Gasteiger partial charge in [0, 0.05) is 28.0 Å². The lowest BCUT2D eigenvalue weighted by Gasteiger charge is -2.15. The van der Waals surface area contributed by atoms with E-state index in [1.165, 1.54) is 0 Å². The minimum atomic E-state index is -0.787. The average Bonchev–Trinajstić information content (AvgIpc) is 2.46. The van der Waals surface area contributed by atoms with E-state index in [2.05, 4.69) is 21.2 Å². The Bertz CT molecular complexity index is 573.